The lowest BCUT2D eigenvalue weighted by atomic mass is 10.1. The molecule has 8 heteroatoms. The summed E-state index contributed by atoms with van der Waals surface area (Å²) in [5.41, 5.74) is 1.55. The fourth-order valence-corrected chi connectivity index (χ4v) is 2.83. The molecule has 1 aliphatic rings. The van der Waals surface area contributed by atoms with Crippen LogP contribution in [0.25, 0.3) is 0 Å². The van der Waals surface area contributed by atoms with Crippen LogP contribution in [0.2, 0.25) is 0 Å². The number of hydrogen-bond acceptors (Lipinski definition) is 4. The summed E-state index contributed by atoms with van der Waals surface area (Å²) in [6.45, 7) is 0. The number of anilines is 1. The molecule has 0 aromatic heterocycles. The number of fused-ring (bicyclic) bond motifs is 1. The van der Waals surface area contributed by atoms with Gasteiger partial charge in [-0.3, -0.25) is 19.7 Å². The number of amides is 2. The summed E-state index contributed by atoms with van der Waals surface area (Å²) < 4.78 is 13.4. The van der Waals surface area contributed by atoms with Crippen LogP contribution in [-0.4, -0.2) is 16.7 Å². The molecule has 1 atom stereocenters. The largest absolute Gasteiger partial charge is 0.341 e. The van der Waals surface area contributed by atoms with Crippen LogP contribution in [0.5, 0.6) is 0 Å². The van der Waals surface area contributed by atoms with Gasteiger partial charge in [0.2, 0.25) is 0 Å². The number of carbonyl (C=O) groups is 2. The van der Waals surface area contributed by atoms with Gasteiger partial charge in [0.1, 0.15) is 5.82 Å². The quantitative estimate of drug-likeness (QED) is 0.508. The third-order valence-corrected chi connectivity index (χ3v) is 4.01. The molecule has 0 unspecified atom stereocenters. The standard InChI is InChI=1S/C17H14FN3O4/c18-11-6-4-10-5-7-15(14(10)8-11)20-17(23)16(22)19-12-2-1-3-13(9-12)21(24)25/h1-4,6,8-9,15H,5,7H2,(H,19,22)(H,20,23)/t15-/m1/s1. The molecule has 0 fully saturated rings. The third kappa shape index (κ3) is 3.63. The molecule has 25 heavy (non-hydrogen) atoms. The molecule has 3 rings (SSSR count). The Hall–Kier alpha value is -3.29. The van der Waals surface area contributed by atoms with Crippen LogP contribution in [0.1, 0.15) is 23.6 Å². The van der Waals surface area contributed by atoms with Gasteiger partial charge in [-0.15, -0.1) is 0 Å². The molecule has 0 saturated heterocycles. The summed E-state index contributed by atoms with van der Waals surface area (Å²) in [7, 11) is 0. The molecule has 1 aliphatic carbocycles. The summed E-state index contributed by atoms with van der Waals surface area (Å²) in [4.78, 5) is 34.2. The zero-order valence-corrected chi connectivity index (χ0v) is 13.0. The molecular weight excluding hydrogens is 329 g/mol. The van der Waals surface area contributed by atoms with Crippen LogP contribution >= 0.6 is 0 Å². The number of nitrogens with zero attached hydrogens (tertiary/aromatic N) is 1. The fourth-order valence-electron chi connectivity index (χ4n) is 2.83. The Morgan fingerprint density at radius 2 is 1.96 bits per heavy atom. The van der Waals surface area contributed by atoms with E-state index in [1.807, 2.05) is 0 Å². The second kappa shape index (κ2) is 6.68. The number of nitro benzene ring substituents is 1. The minimum absolute atomic E-state index is 0.146. The zero-order valence-electron chi connectivity index (χ0n) is 13.0. The Morgan fingerprint density at radius 1 is 1.16 bits per heavy atom. The summed E-state index contributed by atoms with van der Waals surface area (Å²) in [5, 5.41) is 15.6. The number of aryl methyl sites for hydroxylation is 1. The molecule has 2 aromatic rings. The Bertz CT molecular complexity index is 869. The van der Waals surface area contributed by atoms with Crippen molar-refractivity contribution in [3.63, 3.8) is 0 Å². The van der Waals surface area contributed by atoms with Gasteiger partial charge in [0.15, 0.2) is 0 Å². The molecule has 0 spiro atoms. The number of rotatable bonds is 3. The van der Waals surface area contributed by atoms with Gasteiger partial charge in [0.05, 0.1) is 11.0 Å². The maximum Gasteiger partial charge on any atom is 0.313 e. The van der Waals surface area contributed by atoms with Crippen LogP contribution in [0.4, 0.5) is 15.8 Å². The number of non-ortho nitro benzene ring substituents is 1. The van der Waals surface area contributed by atoms with E-state index in [0.29, 0.717) is 18.4 Å². The van der Waals surface area contributed by atoms with E-state index in [0.717, 1.165) is 11.6 Å². The van der Waals surface area contributed by atoms with Gasteiger partial charge in [-0.1, -0.05) is 12.1 Å². The van der Waals surface area contributed by atoms with Gasteiger partial charge in [-0.25, -0.2) is 4.39 Å². The number of hydrogen-bond donors (Lipinski definition) is 2. The first-order valence-electron chi connectivity index (χ1n) is 7.58. The molecule has 2 amide bonds. The highest BCUT2D eigenvalue weighted by Crippen LogP contribution is 2.31. The third-order valence-electron chi connectivity index (χ3n) is 4.01. The van der Waals surface area contributed by atoms with E-state index in [4.69, 9.17) is 0 Å². The van der Waals surface area contributed by atoms with E-state index in [9.17, 15) is 24.1 Å². The summed E-state index contributed by atoms with van der Waals surface area (Å²) in [5.74, 6) is -2.22. The van der Waals surface area contributed by atoms with E-state index in [1.54, 1.807) is 6.07 Å². The van der Waals surface area contributed by atoms with Crippen molar-refractivity contribution >= 4 is 23.2 Å². The second-order valence-electron chi connectivity index (χ2n) is 5.67. The highest BCUT2D eigenvalue weighted by molar-refractivity contribution is 6.39. The first-order valence-corrected chi connectivity index (χ1v) is 7.58. The topological polar surface area (TPSA) is 101 Å². The highest BCUT2D eigenvalue weighted by Gasteiger charge is 2.26. The van der Waals surface area contributed by atoms with Crippen LogP contribution in [0.15, 0.2) is 42.5 Å². The fraction of sp³-hybridized carbons (Fsp3) is 0.176. The first-order chi connectivity index (χ1) is 11.9. The second-order valence-corrected chi connectivity index (χ2v) is 5.67. The van der Waals surface area contributed by atoms with E-state index >= 15 is 0 Å². The van der Waals surface area contributed by atoms with Crippen molar-refractivity contribution in [3.8, 4) is 0 Å². The molecule has 0 saturated carbocycles. The number of carbonyl (C=O) groups excluding carboxylic acids is 2. The summed E-state index contributed by atoms with van der Waals surface area (Å²) in [6.07, 6.45) is 1.27. The minimum Gasteiger partial charge on any atom is -0.341 e. The van der Waals surface area contributed by atoms with Gasteiger partial charge in [0, 0.05) is 17.8 Å². The van der Waals surface area contributed by atoms with Gasteiger partial charge in [0.25, 0.3) is 5.69 Å². The Balaban J connectivity index is 1.66. The predicted molar refractivity (Wildman–Crippen MR) is 87.3 cm³/mol. The van der Waals surface area contributed by atoms with Crippen molar-refractivity contribution in [1.82, 2.24) is 5.32 Å². The van der Waals surface area contributed by atoms with Crippen LogP contribution < -0.4 is 10.6 Å². The van der Waals surface area contributed by atoms with E-state index in [2.05, 4.69) is 10.6 Å². The van der Waals surface area contributed by atoms with Gasteiger partial charge in [-0.2, -0.15) is 0 Å². The molecular formula is C17H14FN3O4. The number of nitrogens with one attached hydrogen (secondary N) is 2. The maximum atomic E-state index is 13.4. The molecule has 128 valence electrons. The Morgan fingerprint density at radius 3 is 2.72 bits per heavy atom. The van der Waals surface area contributed by atoms with Crippen molar-refractivity contribution in [2.45, 2.75) is 18.9 Å². The smallest absolute Gasteiger partial charge is 0.313 e. The Labute approximate surface area is 142 Å². The van der Waals surface area contributed by atoms with Crippen LogP contribution in [0.3, 0.4) is 0 Å². The summed E-state index contributed by atoms with van der Waals surface area (Å²) in [6, 6.07) is 9.23. The molecule has 7 nitrogen and oxygen atoms in total. The van der Waals surface area contributed by atoms with Crippen molar-refractivity contribution in [2.75, 3.05) is 5.32 Å². The molecule has 0 aliphatic heterocycles. The lowest BCUT2D eigenvalue weighted by molar-refractivity contribution is -0.384. The lowest BCUT2D eigenvalue weighted by Gasteiger charge is -2.14. The SMILES string of the molecule is O=C(Nc1cccc([N+](=O)[O-])c1)C(=O)N[C@@H]1CCc2ccc(F)cc21. The van der Waals surface area contributed by atoms with Crippen molar-refractivity contribution in [1.29, 1.82) is 0 Å². The Kier molecular flexibility index (Phi) is 4.42. The molecule has 0 bridgehead atoms. The highest BCUT2D eigenvalue weighted by atomic mass is 19.1. The lowest BCUT2D eigenvalue weighted by Crippen LogP contribution is -2.37. The van der Waals surface area contributed by atoms with Gasteiger partial charge >= 0.3 is 11.8 Å². The average molecular weight is 343 g/mol. The normalized spacial score (nSPS) is 15.3. The first kappa shape index (κ1) is 16.6. The van der Waals surface area contributed by atoms with Crippen molar-refractivity contribution in [3.05, 3.63) is 69.5 Å². The van der Waals surface area contributed by atoms with Crippen LogP contribution in [-0.2, 0) is 16.0 Å². The zero-order chi connectivity index (χ0) is 18.0. The number of halogens is 1. The number of nitro groups is 1. The molecule has 0 radical (unpaired) electrons. The van der Waals surface area contributed by atoms with Crippen molar-refractivity contribution < 1.29 is 18.9 Å². The van der Waals surface area contributed by atoms with Gasteiger partial charge < -0.3 is 10.6 Å². The predicted octanol–water partition coefficient (Wildman–Crippen LogP) is 2.48. The minimum atomic E-state index is -0.939. The molecule has 2 aromatic carbocycles. The number of benzene rings is 2. The van der Waals surface area contributed by atoms with E-state index in [1.165, 1.54) is 30.3 Å². The maximum absolute atomic E-state index is 13.4. The van der Waals surface area contributed by atoms with Crippen molar-refractivity contribution in [2.24, 2.45) is 0 Å². The summed E-state index contributed by atoms with van der Waals surface area (Å²) >= 11 is 0. The van der Waals surface area contributed by atoms with E-state index < -0.39 is 28.6 Å². The van der Waals surface area contributed by atoms with Gasteiger partial charge in [-0.05, 0) is 42.2 Å². The average Bonchev–Trinajstić information content (AvgIpc) is 2.97. The van der Waals surface area contributed by atoms with E-state index in [-0.39, 0.29) is 11.4 Å². The van der Waals surface area contributed by atoms with Crippen LogP contribution in [0, 0.1) is 15.9 Å². The molecule has 0 heterocycles. The monoisotopic (exact) mass is 343 g/mol. The molecule has 2 N–H and O–H groups in total.